The van der Waals surface area contributed by atoms with Crippen molar-refractivity contribution in [2.45, 2.75) is 5.16 Å². The van der Waals surface area contributed by atoms with E-state index in [0.717, 1.165) is 0 Å². The second kappa shape index (κ2) is 3.41. The lowest BCUT2D eigenvalue weighted by Gasteiger charge is -1.96. The number of nitrogens with zero attached hydrogens (tertiary/aromatic N) is 2. The number of non-ortho nitro benzene ring substituents is 1. The zero-order valence-corrected chi connectivity index (χ0v) is 7.98. The second-order valence-corrected chi connectivity index (χ2v) is 3.59. The van der Waals surface area contributed by atoms with Gasteiger partial charge in [-0.25, -0.2) is 4.98 Å². The summed E-state index contributed by atoms with van der Waals surface area (Å²) >= 11 is -2.47. The fourth-order valence-electron chi connectivity index (χ4n) is 1.17. The van der Waals surface area contributed by atoms with Crippen molar-refractivity contribution in [1.82, 2.24) is 9.97 Å². The predicted octanol–water partition coefficient (Wildman–Crippen LogP) is 0.709. The average Bonchev–Trinajstić information content (AvgIpc) is 2.59. The van der Waals surface area contributed by atoms with E-state index >= 15 is 0 Å². The van der Waals surface area contributed by atoms with Crippen LogP contribution >= 0.6 is 0 Å². The molecule has 0 bridgehead atoms. The molecule has 0 saturated carbocycles. The Bertz CT molecular complexity index is 552. The molecular weight excluding hydrogens is 222 g/mol. The summed E-state index contributed by atoms with van der Waals surface area (Å²) in [7, 11) is 0. The first-order valence-corrected chi connectivity index (χ1v) is 4.89. The van der Waals surface area contributed by atoms with Crippen LogP contribution in [0.5, 0.6) is 0 Å². The number of hydrogen-bond acceptors (Lipinski definition) is 5. The van der Waals surface area contributed by atoms with Crippen LogP contribution in [0.2, 0.25) is 0 Å². The van der Waals surface area contributed by atoms with Gasteiger partial charge in [-0.15, -0.1) is 0 Å². The number of fused-ring (bicyclic) bond motifs is 1. The van der Waals surface area contributed by atoms with Crippen LogP contribution in [0.4, 0.5) is 5.69 Å². The van der Waals surface area contributed by atoms with Gasteiger partial charge in [-0.3, -0.25) is 14.3 Å². The van der Waals surface area contributed by atoms with Crippen LogP contribution in [0.25, 0.3) is 11.0 Å². The van der Waals surface area contributed by atoms with Gasteiger partial charge in [0.05, 0.1) is 16.0 Å². The number of benzene rings is 1. The van der Waals surface area contributed by atoms with Gasteiger partial charge in [0, 0.05) is 23.2 Å². The lowest BCUT2D eigenvalue weighted by atomic mass is 10.3. The van der Waals surface area contributed by atoms with Crippen molar-refractivity contribution in [3.8, 4) is 0 Å². The zero-order chi connectivity index (χ0) is 11.0. The highest BCUT2D eigenvalue weighted by atomic mass is 32.2. The highest BCUT2D eigenvalue weighted by Gasteiger charge is 2.09. The number of nitro benzene ring substituents is 1. The Morgan fingerprint density at radius 1 is 1.47 bits per heavy atom. The highest BCUT2D eigenvalue weighted by molar-refractivity contribution is 7.79. The summed E-state index contributed by atoms with van der Waals surface area (Å²) in [5.74, 6) is 0. The van der Waals surface area contributed by atoms with Gasteiger partial charge >= 0.3 is 0 Å². The number of H-pyrrole nitrogens is 1. The van der Waals surface area contributed by atoms with E-state index in [4.69, 9.17) is 0 Å². The fraction of sp³-hybridized carbons (Fsp3) is 0. The van der Waals surface area contributed by atoms with E-state index in [1.54, 1.807) is 0 Å². The molecule has 1 aromatic heterocycles. The normalized spacial score (nSPS) is 12.9. The Labute approximate surface area is 85.6 Å². The monoisotopic (exact) mass is 226 g/mol. The maximum absolute atomic E-state index is 10.6. The molecule has 2 aromatic rings. The number of rotatable bonds is 2. The maximum atomic E-state index is 10.6. The molecule has 1 atom stereocenters. The van der Waals surface area contributed by atoms with E-state index in [2.05, 4.69) is 9.97 Å². The summed E-state index contributed by atoms with van der Waals surface area (Å²) in [6.45, 7) is 0. The number of hydrogen-bond donors (Lipinski definition) is 1. The molecule has 0 saturated heterocycles. The van der Waals surface area contributed by atoms with E-state index in [1.807, 2.05) is 0 Å². The number of imidazole rings is 1. The highest BCUT2D eigenvalue weighted by Crippen LogP contribution is 2.19. The fourth-order valence-corrected chi connectivity index (χ4v) is 1.53. The Morgan fingerprint density at radius 3 is 2.80 bits per heavy atom. The molecule has 1 unspecified atom stereocenters. The summed E-state index contributed by atoms with van der Waals surface area (Å²) in [5.41, 5.74) is 0.581. The molecule has 1 heterocycles. The van der Waals surface area contributed by atoms with Crippen LogP contribution in [-0.2, 0) is 11.1 Å². The van der Waals surface area contributed by atoms with Crippen LogP contribution in [0, 0.1) is 10.1 Å². The molecular formula is C7H4N3O4S-. The number of aromatic nitrogens is 2. The first-order chi connectivity index (χ1) is 7.08. The first kappa shape index (κ1) is 9.74. The third-order valence-corrected chi connectivity index (χ3v) is 2.32. The second-order valence-electron chi connectivity index (χ2n) is 2.74. The van der Waals surface area contributed by atoms with Crippen molar-refractivity contribution < 1.29 is 13.7 Å². The predicted molar refractivity (Wildman–Crippen MR) is 49.9 cm³/mol. The molecule has 1 N–H and O–H groups in total. The largest absolute Gasteiger partial charge is 0.766 e. The summed E-state index contributed by atoms with van der Waals surface area (Å²) < 4.78 is 21.1. The van der Waals surface area contributed by atoms with Gasteiger partial charge in [-0.1, -0.05) is 0 Å². The Balaban J connectivity index is 2.62. The summed E-state index contributed by atoms with van der Waals surface area (Å²) in [4.78, 5) is 16.1. The molecule has 0 radical (unpaired) electrons. The maximum Gasteiger partial charge on any atom is 0.271 e. The van der Waals surface area contributed by atoms with Gasteiger partial charge in [0.2, 0.25) is 0 Å². The van der Waals surface area contributed by atoms with Gasteiger partial charge in [-0.2, -0.15) is 0 Å². The standard InChI is InChI=1S/C7H5N3O4S/c11-10(12)4-1-2-5-6(3-4)9-7(8-5)15(13)14/h1-3H,(H,8,9)(H,13,14)/p-1. The van der Waals surface area contributed by atoms with Crippen LogP contribution in [0.15, 0.2) is 23.4 Å². The van der Waals surface area contributed by atoms with Gasteiger partial charge in [0.1, 0.15) is 0 Å². The molecule has 78 valence electrons. The molecule has 0 aliphatic carbocycles. The van der Waals surface area contributed by atoms with Crippen molar-refractivity contribution in [2.75, 3.05) is 0 Å². The zero-order valence-electron chi connectivity index (χ0n) is 7.17. The molecule has 7 nitrogen and oxygen atoms in total. The molecule has 8 heteroatoms. The molecule has 2 rings (SSSR count). The van der Waals surface area contributed by atoms with E-state index in [-0.39, 0.29) is 10.8 Å². The topological polar surface area (TPSA) is 112 Å². The van der Waals surface area contributed by atoms with Gasteiger partial charge in [0.25, 0.3) is 5.69 Å². The molecule has 0 fully saturated rings. The van der Waals surface area contributed by atoms with Crippen molar-refractivity contribution in [3.63, 3.8) is 0 Å². The van der Waals surface area contributed by atoms with E-state index < -0.39 is 16.0 Å². The van der Waals surface area contributed by atoms with Crippen molar-refractivity contribution in [3.05, 3.63) is 28.3 Å². The molecule has 1 aromatic carbocycles. The molecule has 15 heavy (non-hydrogen) atoms. The van der Waals surface area contributed by atoms with E-state index in [0.29, 0.717) is 11.0 Å². The third-order valence-electron chi connectivity index (χ3n) is 1.81. The number of nitro groups is 1. The smallest absolute Gasteiger partial charge is 0.271 e. The first-order valence-electron chi connectivity index (χ1n) is 3.81. The minimum atomic E-state index is -2.47. The van der Waals surface area contributed by atoms with Crippen LogP contribution < -0.4 is 0 Å². The lowest BCUT2D eigenvalue weighted by Crippen LogP contribution is -1.90. The Kier molecular flexibility index (Phi) is 2.21. The number of nitrogens with one attached hydrogen (secondary N) is 1. The SMILES string of the molecule is O=[N+]([O-])c1ccc2nc(S(=O)[O-])[nH]c2c1. The van der Waals surface area contributed by atoms with Crippen molar-refractivity contribution in [2.24, 2.45) is 0 Å². The Morgan fingerprint density at radius 2 is 2.20 bits per heavy atom. The van der Waals surface area contributed by atoms with Gasteiger partial charge in [-0.05, 0) is 6.07 Å². The lowest BCUT2D eigenvalue weighted by molar-refractivity contribution is -0.384. The third kappa shape index (κ3) is 1.72. The molecule has 0 aliphatic rings. The van der Waals surface area contributed by atoms with E-state index in [1.165, 1.54) is 18.2 Å². The van der Waals surface area contributed by atoms with Crippen LogP contribution in [0.3, 0.4) is 0 Å². The summed E-state index contributed by atoms with van der Waals surface area (Å²) in [5, 5.41) is 10.2. The van der Waals surface area contributed by atoms with E-state index in [9.17, 15) is 18.9 Å². The van der Waals surface area contributed by atoms with Gasteiger partial charge < -0.3 is 9.54 Å². The van der Waals surface area contributed by atoms with Crippen molar-refractivity contribution in [1.29, 1.82) is 0 Å². The average molecular weight is 226 g/mol. The quantitative estimate of drug-likeness (QED) is 0.460. The molecule has 0 amide bonds. The van der Waals surface area contributed by atoms with Crippen LogP contribution in [-0.4, -0.2) is 23.7 Å². The minimum Gasteiger partial charge on any atom is -0.766 e. The molecule has 0 spiro atoms. The minimum absolute atomic E-state index is 0.116. The van der Waals surface area contributed by atoms with Gasteiger partial charge in [0.15, 0.2) is 5.16 Å². The van der Waals surface area contributed by atoms with Crippen LogP contribution in [0.1, 0.15) is 0 Å². The van der Waals surface area contributed by atoms with Crippen molar-refractivity contribution >= 4 is 27.8 Å². The summed E-state index contributed by atoms with van der Waals surface area (Å²) in [6.07, 6.45) is 0. The molecule has 0 aliphatic heterocycles. The summed E-state index contributed by atoms with van der Waals surface area (Å²) in [6, 6.07) is 3.89. The number of aromatic amines is 1. The Hall–Kier alpha value is -1.80.